The predicted molar refractivity (Wildman–Crippen MR) is 578 cm³/mol. The van der Waals surface area contributed by atoms with Crippen LogP contribution in [0.5, 0.6) is 0 Å². The fourth-order valence-corrected chi connectivity index (χ4v) is 22.2. The molecule has 9 aromatic heterocycles. The summed E-state index contributed by atoms with van der Waals surface area (Å²) in [5.74, 6) is 2.42. The lowest BCUT2D eigenvalue weighted by Gasteiger charge is -2.34. The van der Waals surface area contributed by atoms with Crippen molar-refractivity contribution in [1.29, 1.82) is 0 Å². The highest BCUT2D eigenvalue weighted by Gasteiger charge is 2.47. The molecule has 0 saturated carbocycles. The molecule has 0 saturated heterocycles. The van der Waals surface area contributed by atoms with E-state index in [-0.39, 0.29) is 5.41 Å². The van der Waals surface area contributed by atoms with E-state index in [0.717, 1.165) is 140 Å². The lowest BCUT2D eigenvalue weighted by Crippen LogP contribution is -2.28. The van der Waals surface area contributed by atoms with E-state index in [1.807, 2.05) is 109 Å². The second-order valence-electron chi connectivity index (χ2n) is 37.0. The second kappa shape index (κ2) is 34.0. The van der Waals surface area contributed by atoms with Gasteiger partial charge in [0, 0.05) is 66.4 Å². The molecule has 2 aliphatic rings. The lowest BCUT2D eigenvalue weighted by atomic mass is 9.67. The Morgan fingerprint density at radius 3 is 0.860 bits per heavy atom. The van der Waals surface area contributed by atoms with Crippen molar-refractivity contribution in [3.05, 3.63) is 525 Å². The fourth-order valence-electron chi connectivity index (χ4n) is 22.2. The third-order valence-corrected chi connectivity index (χ3v) is 28.6. The molecule has 0 unspecified atom stereocenters. The number of rotatable bonds is 12. The van der Waals surface area contributed by atoms with Crippen molar-refractivity contribution in [3.8, 4) is 129 Å². The van der Waals surface area contributed by atoms with Gasteiger partial charge in [-0.25, -0.2) is 0 Å². The van der Waals surface area contributed by atoms with Crippen LogP contribution >= 0.6 is 0 Å². The number of fused-ring (bicyclic) bond motifs is 21. The minimum atomic E-state index is -0.473. The van der Waals surface area contributed by atoms with Crippen LogP contribution in [-0.4, -0.2) is 42.1 Å². The summed E-state index contributed by atoms with van der Waals surface area (Å²) in [6.45, 7) is 4.64. The molecule has 9 heterocycles. The molecule has 19 aromatic carbocycles. The number of imidazole rings is 4. The van der Waals surface area contributed by atoms with Crippen molar-refractivity contribution in [2.45, 2.75) is 24.7 Å². The van der Waals surface area contributed by atoms with Crippen LogP contribution in [-0.2, 0) is 10.8 Å². The maximum absolute atomic E-state index is 6.29. The molecule has 2 aliphatic carbocycles. The number of aromatic nitrogens is 9. The summed E-state index contributed by atoms with van der Waals surface area (Å²) in [5, 5.41) is 2.52. The van der Waals surface area contributed by atoms with Gasteiger partial charge in [0.05, 0.1) is 61.3 Å². The molecule has 0 amide bonds. The second-order valence-corrected chi connectivity index (χ2v) is 37.0. The van der Waals surface area contributed by atoms with Gasteiger partial charge in [0.15, 0.2) is 22.3 Å². The SMILES string of the molecule is CC1(C)c2ccccc2-c2ccc(-c3c(-c4ccccc4)nc4oc5ccccc5n34)cc21.c1ccc(-c2ccc(-c3nc4oc5ccccc5n4c3-c3ccccc3)cc2)cc1.c1ccc(-c2nc3oc4ccccc4n3c2-c2ccc(-n3c4ccccc4c4ccccc43)cc2)cc1.c1ccc(-c2nc3oc4ccccc4n3c2-c2ccc3c(c2)C(c2ccccc2)(c2ccccc2)c2ccccc2-3)cc1. The van der Waals surface area contributed by atoms with E-state index in [4.69, 9.17) is 37.6 Å². The van der Waals surface area contributed by atoms with E-state index in [9.17, 15) is 0 Å². The van der Waals surface area contributed by atoms with Crippen LogP contribution in [0.15, 0.2) is 509 Å². The molecule has 28 aromatic rings. The van der Waals surface area contributed by atoms with Gasteiger partial charge in [-0.15, -0.1) is 0 Å². The number of hydrogen-bond acceptors (Lipinski definition) is 8. The molecule has 0 spiro atoms. The molecule has 0 atom stereocenters. The summed E-state index contributed by atoms with van der Waals surface area (Å²) >= 11 is 0. The van der Waals surface area contributed by atoms with Crippen LogP contribution in [0.4, 0.5) is 0 Å². The van der Waals surface area contributed by atoms with Gasteiger partial charge >= 0.3 is 23.4 Å². The largest absolute Gasteiger partial charge is 0.423 e. The molecular formula is C130H87N9O4. The zero-order valence-corrected chi connectivity index (χ0v) is 77.9. The zero-order valence-electron chi connectivity index (χ0n) is 77.9. The van der Waals surface area contributed by atoms with Gasteiger partial charge in [-0.3, -0.25) is 17.6 Å². The Balaban J connectivity index is 0.0000000959. The maximum atomic E-state index is 6.29. The van der Waals surface area contributed by atoms with Crippen LogP contribution in [0.25, 0.3) is 219 Å². The van der Waals surface area contributed by atoms with E-state index < -0.39 is 5.41 Å². The first-order valence-corrected chi connectivity index (χ1v) is 48.4. The summed E-state index contributed by atoms with van der Waals surface area (Å²) in [6.07, 6.45) is 0. The molecule has 0 aliphatic heterocycles. The molecule has 0 bridgehead atoms. The lowest BCUT2D eigenvalue weighted by molar-refractivity contribution is 0.641. The highest BCUT2D eigenvalue weighted by Crippen LogP contribution is 2.58. The van der Waals surface area contributed by atoms with E-state index in [0.29, 0.717) is 23.4 Å². The van der Waals surface area contributed by atoms with Crippen molar-refractivity contribution in [2.24, 2.45) is 0 Å². The van der Waals surface area contributed by atoms with Crippen molar-refractivity contribution < 1.29 is 17.7 Å². The summed E-state index contributed by atoms with van der Waals surface area (Å²) < 4.78 is 35.6. The highest BCUT2D eigenvalue weighted by atomic mass is 16.4. The van der Waals surface area contributed by atoms with Crippen LogP contribution in [0.1, 0.15) is 47.2 Å². The minimum Gasteiger partial charge on any atom is -0.423 e. The Kier molecular flexibility index (Phi) is 19.8. The molecule has 13 heteroatoms. The average Bonchev–Trinajstić information content (AvgIpc) is 1.53. The van der Waals surface area contributed by atoms with Crippen molar-refractivity contribution in [3.63, 3.8) is 0 Å². The molecule has 676 valence electrons. The summed E-state index contributed by atoms with van der Waals surface area (Å²) in [7, 11) is 0. The van der Waals surface area contributed by atoms with Gasteiger partial charge in [-0.05, 0) is 152 Å². The molecule has 0 radical (unpaired) electrons. The van der Waals surface area contributed by atoms with Gasteiger partial charge in [-0.2, -0.15) is 19.9 Å². The quantitative estimate of drug-likeness (QED) is 0.118. The van der Waals surface area contributed by atoms with Gasteiger partial charge in [0.25, 0.3) is 0 Å². The van der Waals surface area contributed by atoms with Gasteiger partial charge in [-0.1, -0.05) is 420 Å². The third kappa shape index (κ3) is 13.7. The van der Waals surface area contributed by atoms with Gasteiger partial charge in [0.2, 0.25) is 0 Å². The fraction of sp³-hybridized carbons (Fsp3) is 0.0308. The summed E-state index contributed by atoms with van der Waals surface area (Å²) in [6, 6.07) is 172. The molecule has 0 fully saturated rings. The maximum Gasteiger partial charge on any atom is 0.307 e. The van der Waals surface area contributed by atoms with E-state index in [2.05, 4.69) is 418 Å². The Morgan fingerprint density at radius 2 is 0.455 bits per heavy atom. The smallest absolute Gasteiger partial charge is 0.307 e. The van der Waals surface area contributed by atoms with Crippen LogP contribution in [0.2, 0.25) is 0 Å². The number of benzene rings is 19. The van der Waals surface area contributed by atoms with E-state index in [1.54, 1.807) is 0 Å². The molecule has 0 N–H and O–H groups in total. The van der Waals surface area contributed by atoms with Gasteiger partial charge < -0.3 is 22.2 Å². The minimum absolute atomic E-state index is 0.0584. The van der Waals surface area contributed by atoms with Crippen molar-refractivity contribution in [1.82, 2.24) is 42.1 Å². The first-order valence-electron chi connectivity index (χ1n) is 48.4. The van der Waals surface area contributed by atoms with Crippen LogP contribution in [0, 0.1) is 0 Å². The predicted octanol–water partition coefficient (Wildman–Crippen LogP) is 33.1. The monoisotopic (exact) mass is 1840 g/mol. The first-order chi connectivity index (χ1) is 70.7. The number of hydrogen-bond donors (Lipinski definition) is 0. The topological polar surface area (TPSA) is 127 Å². The van der Waals surface area contributed by atoms with Gasteiger partial charge in [0.1, 0.15) is 22.8 Å². The summed E-state index contributed by atoms with van der Waals surface area (Å²) in [5.41, 5.74) is 42.3. The number of para-hydroxylation sites is 10. The Labute approximate surface area is 822 Å². The number of nitrogens with zero attached hydrogens (tertiary/aromatic N) is 9. The highest BCUT2D eigenvalue weighted by molar-refractivity contribution is 6.09. The van der Waals surface area contributed by atoms with Crippen LogP contribution < -0.4 is 0 Å². The molecular weight excluding hydrogens is 1750 g/mol. The van der Waals surface area contributed by atoms with Crippen molar-refractivity contribution in [2.75, 3.05) is 0 Å². The Hall–Kier alpha value is -19.0. The number of oxazole rings is 4. The standard InChI is InChI=1S/C40H26N2O.C33H21N3O.C30H22N2O.C27H18N2O/c1-4-14-27(15-5-1)37-38(42-35-22-12-13-23-36(35)43-39(42)41-37)28-24-25-32-31-20-10-11-21-33(31)40(34(32)26-28,29-16-6-2-7-17-29)30-18-8-3-9-19-30;1-2-10-22(11-3-1)31-32(36-29-16-8-9-17-30(29)37-33(36)34-31)23-18-20-24(21-19-23)35-27-14-6-4-12-25(27)26-13-5-7-15-28(26)35;1-30(2)23-13-7-6-12-21(23)22-17-16-20(18-24(22)30)28-27(19-10-4-3-5-11-19)31-29-32(28)25-14-8-9-15-26(25)33-29;1-3-9-19(10-4-1)20-15-17-21(18-16-20)25-26(22-11-5-2-6-12-22)29-23-13-7-8-14-24(23)30-27(29)28-25/h1-26H;1-21H;3-18H,1-2H3;1-18H. The molecule has 30 rings (SSSR count). The normalized spacial score (nSPS) is 12.7. The first kappa shape index (κ1) is 83.4. The van der Waals surface area contributed by atoms with E-state index in [1.165, 1.54) is 88.6 Å². The van der Waals surface area contributed by atoms with E-state index >= 15 is 0 Å². The van der Waals surface area contributed by atoms with Crippen molar-refractivity contribution >= 4 is 89.6 Å². The zero-order chi connectivity index (χ0) is 94.8. The average molecular weight is 1840 g/mol. The van der Waals surface area contributed by atoms with Crippen LogP contribution in [0.3, 0.4) is 0 Å². The summed E-state index contributed by atoms with van der Waals surface area (Å²) in [4.78, 5) is 19.9. The molecule has 13 nitrogen and oxygen atoms in total. The third-order valence-electron chi connectivity index (χ3n) is 28.6. The Morgan fingerprint density at radius 1 is 0.196 bits per heavy atom. The molecule has 143 heavy (non-hydrogen) atoms. The Bertz CT molecular complexity index is 9630.